The van der Waals surface area contributed by atoms with Gasteiger partial charge in [0.05, 0.1) is 0 Å². The van der Waals surface area contributed by atoms with Gasteiger partial charge < -0.3 is 15.8 Å². The summed E-state index contributed by atoms with van der Waals surface area (Å²) in [5, 5.41) is 10.9. The van der Waals surface area contributed by atoms with Crippen LogP contribution in [0, 0.1) is 11.3 Å². The molecule has 106 valence electrons. The maximum Gasteiger partial charge on any atom is 0.400 e. The Hall–Kier alpha value is -0.980. The predicted molar refractivity (Wildman–Crippen MR) is 62.4 cm³/mol. The van der Waals surface area contributed by atoms with Crippen LogP contribution in [0.5, 0.6) is 0 Å². The molecule has 0 spiro atoms. The number of oxime groups is 1. The van der Waals surface area contributed by atoms with Gasteiger partial charge >= 0.3 is 6.18 Å². The Morgan fingerprint density at radius 1 is 1.39 bits per heavy atom. The van der Waals surface area contributed by atoms with Crippen molar-refractivity contribution in [3.8, 4) is 0 Å². The first-order chi connectivity index (χ1) is 8.15. The first-order valence-corrected chi connectivity index (χ1v) is 5.92. The molecule has 0 bridgehead atoms. The third-order valence-electron chi connectivity index (χ3n) is 3.52. The number of rotatable bonds is 3. The summed E-state index contributed by atoms with van der Waals surface area (Å²) in [4.78, 5) is 1.72. The minimum absolute atomic E-state index is 0.181. The number of alkyl halides is 3. The second-order valence-electron chi connectivity index (χ2n) is 5.58. The zero-order chi connectivity index (χ0) is 14.0. The molecule has 1 unspecified atom stereocenters. The fourth-order valence-corrected chi connectivity index (χ4v) is 2.03. The van der Waals surface area contributed by atoms with E-state index in [1.54, 1.807) is 4.90 Å². The Morgan fingerprint density at radius 3 is 2.28 bits per heavy atom. The molecule has 0 amide bonds. The number of nitrogens with zero attached hydrogens (tertiary/aromatic N) is 2. The van der Waals surface area contributed by atoms with Gasteiger partial charge in [-0.15, -0.1) is 0 Å². The van der Waals surface area contributed by atoms with Crippen LogP contribution in [0.25, 0.3) is 0 Å². The van der Waals surface area contributed by atoms with Crippen molar-refractivity contribution in [2.24, 2.45) is 22.2 Å². The van der Waals surface area contributed by atoms with Crippen LogP contribution in [-0.4, -0.2) is 41.8 Å². The van der Waals surface area contributed by atoms with Gasteiger partial charge in [0, 0.05) is 6.54 Å². The molecule has 0 aromatic rings. The van der Waals surface area contributed by atoms with Gasteiger partial charge in [-0.05, 0) is 31.3 Å². The number of hydrogen-bond acceptors (Lipinski definition) is 3. The van der Waals surface area contributed by atoms with E-state index in [0.717, 1.165) is 12.8 Å². The molecule has 3 N–H and O–H groups in total. The molecule has 0 aromatic carbocycles. The van der Waals surface area contributed by atoms with Gasteiger partial charge in [0.15, 0.2) is 5.84 Å². The Bertz CT molecular complexity index is 305. The summed E-state index contributed by atoms with van der Waals surface area (Å²) in [7, 11) is 0. The normalized spacial score (nSPS) is 23.9. The molecular formula is C11H20F3N3O. The van der Waals surface area contributed by atoms with Crippen molar-refractivity contribution in [1.29, 1.82) is 0 Å². The van der Waals surface area contributed by atoms with Crippen LogP contribution in [0.2, 0.25) is 0 Å². The third kappa shape index (κ3) is 4.04. The quantitative estimate of drug-likeness (QED) is 0.356. The van der Waals surface area contributed by atoms with Gasteiger partial charge in [-0.1, -0.05) is 19.0 Å². The van der Waals surface area contributed by atoms with Crippen LogP contribution >= 0.6 is 0 Å². The number of nitrogens with two attached hydrogens (primary N) is 1. The summed E-state index contributed by atoms with van der Waals surface area (Å²) < 4.78 is 38.3. The van der Waals surface area contributed by atoms with E-state index in [2.05, 4.69) is 19.0 Å². The average molecular weight is 267 g/mol. The standard InChI is InChI=1S/C11H20F3N3O/c1-10(2)3-5-17(6-4-10)7-8(9(15)16-18)11(12,13)14/h8,18H,3-7H2,1-2H3,(H2,15,16). The summed E-state index contributed by atoms with van der Waals surface area (Å²) in [6.07, 6.45) is -2.77. The molecule has 4 nitrogen and oxygen atoms in total. The van der Waals surface area contributed by atoms with E-state index in [-0.39, 0.29) is 12.0 Å². The minimum atomic E-state index is -4.48. The van der Waals surface area contributed by atoms with E-state index in [1.165, 1.54) is 0 Å². The van der Waals surface area contributed by atoms with Crippen LogP contribution in [0.3, 0.4) is 0 Å². The lowest BCUT2D eigenvalue weighted by atomic mass is 9.82. The molecule has 7 heteroatoms. The first-order valence-electron chi connectivity index (χ1n) is 5.92. The Kier molecular flexibility index (Phi) is 4.47. The van der Waals surface area contributed by atoms with E-state index in [4.69, 9.17) is 10.9 Å². The van der Waals surface area contributed by atoms with Crippen molar-refractivity contribution < 1.29 is 18.4 Å². The molecule has 1 aliphatic rings. The van der Waals surface area contributed by atoms with Gasteiger partial charge in [-0.25, -0.2) is 0 Å². The SMILES string of the molecule is CC1(C)CCN(CC(C(N)=NO)C(F)(F)F)CC1. The summed E-state index contributed by atoms with van der Waals surface area (Å²) in [6, 6.07) is 0. The highest BCUT2D eigenvalue weighted by molar-refractivity contribution is 5.83. The zero-order valence-electron chi connectivity index (χ0n) is 10.7. The summed E-state index contributed by atoms with van der Waals surface area (Å²) >= 11 is 0. The van der Waals surface area contributed by atoms with Crippen LogP contribution in [0.15, 0.2) is 5.16 Å². The zero-order valence-corrected chi connectivity index (χ0v) is 10.7. The monoisotopic (exact) mass is 267 g/mol. The van der Waals surface area contributed by atoms with Crippen molar-refractivity contribution in [3.05, 3.63) is 0 Å². The van der Waals surface area contributed by atoms with Gasteiger partial charge in [-0.2, -0.15) is 13.2 Å². The maximum absolute atomic E-state index is 12.8. The lowest BCUT2D eigenvalue weighted by Gasteiger charge is -2.38. The van der Waals surface area contributed by atoms with Crippen molar-refractivity contribution in [2.75, 3.05) is 19.6 Å². The summed E-state index contributed by atoms with van der Waals surface area (Å²) in [5.41, 5.74) is 5.31. The lowest BCUT2D eigenvalue weighted by Crippen LogP contribution is -2.47. The number of hydrogen-bond donors (Lipinski definition) is 2. The number of halogens is 3. The molecule has 0 saturated carbocycles. The number of likely N-dealkylation sites (tertiary alicyclic amines) is 1. The van der Waals surface area contributed by atoms with E-state index >= 15 is 0 Å². The van der Waals surface area contributed by atoms with Crippen LogP contribution < -0.4 is 5.73 Å². The van der Waals surface area contributed by atoms with Crippen molar-refractivity contribution >= 4 is 5.84 Å². The van der Waals surface area contributed by atoms with Gasteiger partial charge in [0.2, 0.25) is 0 Å². The molecule has 1 heterocycles. The topological polar surface area (TPSA) is 61.8 Å². The minimum Gasteiger partial charge on any atom is -0.409 e. The number of amidine groups is 1. The van der Waals surface area contributed by atoms with Crippen LogP contribution in [0.1, 0.15) is 26.7 Å². The molecule has 1 fully saturated rings. The van der Waals surface area contributed by atoms with E-state index < -0.39 is 17.9 Å². The molecule has 18 heavy (non-hydrogen) atoms. The molecular weight excluding hydrogens is 247 g/mol. The lowest BCUT2D eigenvalue weighted by molar-refractivity contribution is -0.161. The Balaban J connectivity index is 2.64. The molecule has 1 atom stereocenters. The van der Waals surface area contributed by atoms with Crippen LogP contribution in [-0.2, 0) is 0 Å². The van der Waals surface area contributed by atoms with Gasteiger partial charge in [0.1, 0.15) is 5.92 Å². The van der Waals surface area contributed by atoms with Crippen molar-refractivity contribution in [3.63, 3.8) is 0 Å². The maximum atomic E-state index is 12.8. The fraction of sp³-hybridized carbons (Fsp3) is 0.909. The second-order valence-corrected chi connectivity index (χ2v) is 5.58. The van der Waals surface area contributed by atoms with E-state index in [9.17, 15) is 13.2 Å². The van der Waals surface area contributed by atoms with Crippen LogP contribution in [0.4, 0.5) is 13.2 Å². The predicted octanol–water partition coefficient (Wildman–Crippen LogP) is 2.03. The largest absolute Gasteiger partial charge is 0.409 e. The first kappa shape index (κ1) is 15.1. The molecule has 1 saturated heterocycles. The molecule has 0 radical (unpaired) electrons. The summed E-state index contributed by atoms with van der Waals surface area (Å²) in [6.45, 7) is 5.19. The third-order valence-corrected chi connectivity index (χ3v) is 3.52. The summed E-state index contributed by atoms with van der Waals surface area (Å²) in [5.74, 6) is -2.67. The van der Waals surface area contributed by atoms with E-state index in [1.807, 2.05) is 0 Å². The van der Waals surface area contributed by atoms with Crippen molar-refractivity contribution in [1.82, 2.24) is 4.90 Å². The average Bonchev–Trinajstić information content (AvgIpc) is 2.25. The molecule has 1 aliphatic heterocycles. The molecule has 0 aromatic heterocycles. The highest BCUT2D eigenvalue weighted by Crippen LogP contribution is 2.32. The highest BCUT2D eigenvalue weighted by atomic mass is 19.4. The Labute approximate surface area is 105 Å². The number of piperidine rings is 1. The highest BCUT2D eigenvalue weighted by Gasteiger charge is 2.44. The van der Waals surface area contributed by atoms with Gasteiger partial charge in [-0.3, -0.25) is 0 Å². The fourth-order valence-electron chi connectivity index (χ4n) is 2.03. The Morgan fingerprint density at radius 2 is 1.89 bits per heavy atom. The van der Waals surface area contributed by atoms with Crippen molar-refractivity contribution in [2.45, 2.75) is 32.9 Å². The smallest absolute Gasteiger partial charge is 0.400 e. The second kappa shape index (κ2) is 5.34. The molecule has 0 aliphatic carbocycles. The molecule has 1 rings (SSSR count). The van der Waals surface area contributed by atoms with Gasteiger partial charge in [0.25, 0.3) is 0 Å². The van der Waals surface area contributed by atoms with E-state index in [0.29, 0.717) is 13.1 Å².